The molecule has 1 aromatic rings. The van der Waals surface area contributed by atoms with E-state index in [2.05, 4.69) is 71.6 Å². The van der Waals surface area contributed by atoms with Crippen molar-refractivity contribution in [2.24, 2.45) is 0 Å². The summed E-state index contributed by atoms with van der Waals surface area (Å²) in [5.41, 5.74) is 3.71. The number of likely N-dealkylation sites (N-methyl/N-ethyl adjacent to an activating group) is 1. The van der Waals surface area contributed by atoms with E-state index in [4.69, 9.17) is 0 Å². The smallest absolute Gasteiger partial charge is 0.246 e. The molecule has 2 fully saturated rings. The third kappa shape index (κ3) is 6.18. The first-order valence-corrected chi connectivity index (χ1v) is 12.2. The Morgan fingerprint density at radius 3 is 2.59 bits per heavy atom. The van der Waals surface area contributed by atoms with E-state index in [0.29, 0.717) is 12.6 Å². The molecule has 0 aliphatic carbocycles. The summed E-state index contributed by atoms with van der Waals surface area (Å²) in [6.45, 7) is 13.1. The lowest BCUT2D eigenvalue weighted by atomic mass is 10.1. The Kier molecular flexibility index (Phi) is 8.45. The maximum atomic E-state index is 12.4. The number of nitrogens with zero attached hydrogens (tertiary/aromatic N) is 3. The van der Waals surface area contributed by atoms with Crippen molar-refractivity contribution in [2.45, 2.75) is 50.6 Å². The van der Waals surface area contributed by atoms with Crippen LogP contribution in [0.4, 0.5) is 5.69 Å². The summed E-state index contributed by atoms with van der Waals surface area (Å²) in [5.74, 6) is 0.101. The number of carbonyl (C=O) groups excluding carboxylic acids is 1. The number of piperidine rings is 1. The van der Waals surface area contributed by atoms with E-state index >= 15 is 0 Å². The molecule has 1 amide bonds. The summed E-state index contributed by atoms with van der Waals surface area (Å²) in [7, 11) is 4.01. The minimum atomic E-state index is 0.101. The van der Waals surface area contributed by atoms with Gasteiger partial charge in [0, 0.05) is 35.4 Å². The first-order valence-electron chi connectivity index (χ1n) is 11.4. The fourth-order valence-corrected chi connectivity index (χ4v) is 4.92. The van der Waals surface area contributed by atoms with Gasteiger partial charge in [0.2, 0.25) is 5.91 Å². The van der Waals surface area contributed by atoms with Gasteiger partial charge in [-0.15, -0.1) is 0 Å². The SMILES string of the molecule is C=C(/C=C1\C(=C/C)N(C)C(=O)CN1C(C)C)Nc1cccc(SNC2CCN(C)CC2)c1. The third-order valence-corrected chi connectivity index (χ3v) is 6.96. The average molecular weight is 456 g/mol. The minimum Gasteiger partial charge on any atom is -0.358 e. The van der Waals surface area contributed by atoms with E-state index in [1.165, 1.54) is 17.7 Å². The minimum absolute atomic E-state index is 0.101. The number of carbonyl (C=O) groups is 1. The van der Waals surface area contributed by atoms with E-state index in [9.17, 15) is 4.79 Å². The quantitative estimate of drug-likeness (QED) is 0.599. The molecule has 0 radical (unpaired) electrons. The van der Waals surface area contributed by atoms with Gasteiger partial charge in [-0.25, -0.2) is 0 Å². The summed E-state index contributed by atoms with van der Waals surface area (Å²) in [6, 6.07) is 9.15. The summed E-state index contributed by atoms with van der Waals surface area (Å²) >= 11 is 1.70. The molecule has 174 valence electrons. The number of amides is 1. The van der Waals surface area contributed by atoms with Gasteiger partial charge in [-0.1, -0.05) is 18.7 Å². The second kappa shape index (κ2) is 11.1. The zero-order valence-electron chi connectivity index (χ0n) is 20.0. The molecule has 2 heterocycles. The number of likely N-dealkylation sites (tertiary alicyclic amines) is 1. The number of hydrogen-bond acceptors (Lipinski definition) is 6. The second-order valence-electron chi connectivity index (χ2n) is 8.85. The van der Waals surface area contributed by atoms with Crippen molar-refractivity contribution in [1.29, 1.82) is 0 Å². The third-order valence-electron chi connectivity index (χ3n) is 6.02. The van der Waals surface area contributed by atoms with Crippen molar-refractivity contribution in [2.75, 3.05) is 39.0 Å². The molecule has 0 saturated carbocycles. The molecule has 2 aliphatic rings. The first-order chi connectivity index (χ1) is 15.3. The molecule has 0 atom stereocenters. The zero-order valence-corrected chi connectivity index (χ0v) is 20.8. The molecule has 3 rings (SSSR count). The van der Waals surface area contributed by atoms with Crippen molar-refractivity contribution in [3.05, 3.63) is 60.1 Å². The highest BCUT2D eigenvalue weighted by atomic mass is 32.2. The van der Waals surface area contributed by atoms with Gasteiger partial charge in [0.15, 0.2) is 0 Å². The Hall–Kier alpha value is -2.22. The van der Waals surface area contributed by atoms with Crippen LogP contribution < -0.4 is 10.0 Å². The number of anilines is 1. The Labute approximate surface area is 197 Å². The first kappa shape index (κ1) is 24.4. The molecule has 6 nitrogen and oxygen atoms in total. The molecule has 32 heavy (non-hydrogen) atoms. The van der Waals surface area contributed by atoms with E-state index < -0.39 is 0 Å². The number of nitrogens with one attached hydrogen (secondary N) is 2. The van der Waals surface area contributed by atoms with Crippen molar-refractivity contribution in [3.8, 4) is 0 Å². The lowest BCUT2D eigenvalue weighted by Gasteiger charge is -2.40. The fraction of sp³-hybridized carbons (Fsp3) is 0.480. The molecule has 7 heteroatoms. The molecular weight excluding hydrogens is 418 g/mol. The Bertz CT molecular complexity index is 886. The van der Waals surface area contributed by atoms with Crippen molar-refractivity contribution < 1.29 is 4.79 Å². The number of rotatable bonds is 7. The van der Waals surface area contributed by atoms with E-state index in [1.807, 2.05) is 26.1 Å². The fourth-order valence-electron chi connectivity index (χ4n) is 4.05. The number of benzene rings is 1. The molecule has 0 bridgehead atoms. The highest BCUT2D eigenvalue weighted by Gasteiger charge is 2.30. The van der Waals surface area contributed by atoms with Crippen LogP contribution in [-0.2, 0) is 4.79 Å². The van der Waals surface area contributed by atoms with Crippen LogP contribution in [-0.4, -0.2) is 66.4 Å². The summed E-state index contributed by atoms with van der Waals surface area (Å²) < 4.78 is 3.62. The van der Waals surface area contributed by atoms with Crippen LogP contribution >= 0.6 is 11.9 Å². The van der Waals surface area contributed by atoms with Gasteiger partial charge in [-0.2, -0.15) is 0 Å². The predicted octanol–water partition coefficient (Wildman–Crippen LogP) is 4.27. The van der Waals surface area contributed by atoms with Crippen LogP contribution in [0.15, 0.2) is 65.0 Å². The Morgan fingerprint density at radius 2 is 1.94 bits per heavy atom. The summed E-state index contributed by atoms with van der Waals surface area (Å²) in [6.07, 6.45) is 6.39. The van der Waals surface area contributed by atoms with Crippen LogP contribution in [0.5, 0.6) is 0 Å². The standard InChI is InChI=1S/C25H37N5OS/c1-7-23-24(30(18(2)3)17-25(31)29(23)6)15-19(4)26-21-9-8-10-22(16-21)32-27-20-11-13-28(5)14-12-20/h7-10,15-16,18,20,26-27H,4,11-14,17H2,1-3,5-6H3/b23-7+,24-15+. The maximum Gasteiger partial charge on any atom is 0.246 e. The van der Waals surface area contributed by atoms with Gasteiger partial charge in [-0.05, 0) is 90.0 Å². The largest absolute Gasteiger partial charge is 0.358 e. The zero-order chi connectivity index (χ0) is 23.3. The predicted molar refractivity (Wildman–Crippen MR) is 135 cm³/mol. The molecule has 0 aromatic heterocycles. The molecule has 2 N–H and O–H groups in total. The normalized spacial score (nSPS) is 21.1. The van der Waals surface area contributed by atoms with Gasteiger partial charge >= 0.3 is 0 Å². The second-order valence-corrected chi connectivity index (χ2v) is 9.76. The van der Waals surface area contributed by atoms with Crippen molar-refractivity contribution in [3.63, 3.8) is 0 Å². The van der Waals surface area contributed by atoms with Gasteiger partial charge in [-0.3, -0.25) is 9.52 Å². The highest BCUT2D eigenvalue weighted by Crippen LogP contribution is 2.28. The van der Waals surface area contributed by atoms with Gasteiger partial charge in [0.1, 0.15) is 0 Å². The Balaban J connectivity index is 1.67. The summed E-state index contributed by atoms with van der Waals surface area (Å²) in [4.78, 5) is 19.8. The van der Waals surface area contributed by atoms with Gasteiger partial charge in [0.25, 0.3) is 0 Å². The van der Waals surface area contributed by atoms with Crippen LogP contribution in [0.25, 0.3) is 0 Å². The van der Waals surface area contributed by atoms with Crippen molar-refractivity contribution >= 4 is 23.5 Å². The maximum absolute atomic E-state index is 12.4. The molecule has 2 aliphatic heterocycles. The molecule has 2 saturated heterocycles. The number of hydrogen-bond donors (Lipinski definition) is 2. The van der Waals surface area contributed by atoms with E-state index in [0.717, 1.165) is 35.9 Å². The number of allylic oxidation sites excluding steroid dienone is 2. The van der Waals surface area contributed by atoms with E-state index in [1.54, 1.807) is 16.8 Å². The van der Waals surface area contributed by atoms with Crippen LogP contribution in [0.1, 0.15) is 33.6 Å². The molecule has 0 spiro atoms. The van der Waals surface area contributed by atoms with Crippen LogP contribution in [0, 0.1) is 0 Å². The monoisotopic (exact) mass is 455 g/mol. The van der Waals surface area contributed by atoms with Gasteiger partial charge < -0.3 is 20.0 Å². The highest BCUT2D eigenvalue weighted by molar-refractivity contribution is 7.97. The van der Waals surface area contributed by atoms with Crippen molar-refractivity contribution in [1.82, 2.24) is 19.4 Å². The number of piperazine rings is 1. The van der Waals surface area contributed by atoms with Gasteiger partial charge in [0.05, 0.1) is 17.9 Å². The molecule has 0 unspecified atom stereocenters. The lowest BCUT2D eigenvalue weighted by Crippen LogP contribution is -2.48. The van der Waals surface area contributed by atoms with Crippen LogP contribution in [0.2, 0.25) is 0 Å². The van der Waals surface area contributed by atoms with E-state index in [-0.39, 0.29) is 11.9 Å². The average Bonchev–Trinajstić information content (AvgIpc) is 2.76. The lowest BCUT2D eigenvalue weighted by molar-refractivity contribution is -0.131. The molecule has 1 aromatic carbocycles. The molecular formula is C25H37N5OS. The topological polar surface area (TPSA) is 50.9 Å². The van der Waals surface area contributed by atoms with Crippen LogP contribution in [0.3, 0.4) is 0 Å². The Morgan fingerprint density at radius 1 is 1.22 bits per heavy atom. The summed E-state index contributed by atoms with van der Waals surface area (Å²) in [5, 5.41) is 3.43.